The Balaban J connectivity index is 1.85. The number of likely N-dealkylation sites (tertiary alicyclic amines) is 1. The molecule has 1 aliphatic rings. The second-order valence-electron chi connectivity index (χ2n) is 6.97. The van der Waals surface area contributed by atoms with E-state index >= 15 is 0 Å². The number of piperidine rings is 1. The molecule has 0 aromatic heterocycles. The van der Waals surface area contributed by atoms with Gasteiger partial charge in [-0.2, -0.15) is 0 Å². The molecule has 0 bridgehead atoms. The van der Waals surface area contributed by atoms with E-state index < -0.39 is 5.97 Å². The molecule has 5 heteroatoms. The van der Waals surface area contributed by atoms with Crippen molar-refractivity contribution >= 4 is 11.9 Å². The zero-order valence-corrected chi connectivity index (χ0v) is 14.8. The fourth-order valence-electron chi connectivity index (χ4n) is 3.41. The number of aryl methyl sites for hydroxylation is 1. The number of nitrogens with one attached hydrogen (secondary N) is 1. The number of amides is 1. The Labute approximate surface area is 144 Å². The zero-order chi connectivity index (χ0) is 17.7. The van der Waals surface area contributed by atoms with Crippen molar-refractivity contribution in [3.63, 3.8) is 0 Å². The van der Waals surface area contributed by atoms with Crippen molar-refractivity contribution in [1.82, 2.24) is 10.2 Å². The van der Waals surface area contributed by atoms with E-state index in [4.69, 9.17) is 0 Å². The number of nitrogens with zero attached hydrogens (tertiary/aromatic N) is 1. The Kier molecular flexibility index (Phi) is 6.37. The van der Waals surface area contributed by atoms with E-state index in [1.165, 1.54) is 11.1 Å². The van der Waals surface area contributed by atoms with E-state index in [1.54, 1.807) is 0 Å². The fraction of sp³-hybridized carbons (Fsp3) is 0.579. The molecule has 1 aliphatic heterocycles. The Morgan fingerprint density at radius 2 is 2.04 bits per heavy atom. The predicted molar refractivity (Wildman–Crippen MR) is 93.8 cm³/mol. The van der Waals surface area contributed by atoms with Crippen molar-refractivity contribution in [2.75, 3.05) is 19.6 Å². The van der Waals surface area contributed by atoms with Gasteiger partial charge in [0.15, 0.2) is 0 Å². The van der Waals surface area contributed by atoms with Crippen molar-refractivity contribution in [3.05, 3.63) is 35.4 Å². The minimum absolute atomic E-state index is 0.0261. The lowest BCUT2D eigenvalue weighted by Gasteiger charge is -2.37. The number of hydrogen-bond donors (Lipinski definition) is 2. The average Bonchev–Trinajstić information content (AvgIpc) is 2.55. The van der Waals surface area contributed by atoms with Gasteiger partial charge in [0.2, 0.25) is 5.91 Å². The van der Waals surface area contributed by atoms with Crippen LogP contribution in [0.3, 0.4) is 0 Å². The molecule has 0 spiro atoms. The first kappa shape index (κ1) is 18.5. The molecule has 24 heavy (non-hydrogen) atoms. The zero-order valence-electron chi connectivity index (χ0n) is 14.8. The smallest absolute Gasteiger partial charge is 0.307 e. The third kappa shape index (κ3) is 4.81. The lowest BCUT2D eigenvalue weighted by Crippen LogP contribution is -2.52. The Morgan fingerprint density at radius 1 is 1.33 bits per heavy atom. The van der Waals surface area contributed by atoms with Gasteiger partial charge in [-0.1, -0.05) is 31.2 Å². The lowest BCUT2D eigenvalue weighted by molar-refractivity contribution is -0.146. The summed E-state index contributed by atoms with van der Waals surface area (Å²) in [6.45, 7) is 7.80. The quantitative estimate of drug-likeness (QED) is 0.837. The molecule has 1 aromatic carbocycles. The minimum atomic E-state index is -0.765. The van der Waals surface area contributed by atoms with E-state index in [2.05, 4.69) is 24.4 Å². The van der Waals surface area contributed by atoms with Crippen LogP contribution < -0.4 is 5.32 Å². The van der Waals surface area contributed by atoms with Crippen LogP contribution in [0.2, 0.25) is 0 Å². The number of hydrogen-bond acceptors (Lipinski definition) is 3. The Morgan fingerprint density at radius 3 is 2.71 bits per heavy atom. The Hall–Kier alpha value is -1.88. The maximum absolute atomic E-state index is 12.4. The number of carbonyl (C=O) groups is 2. The molecule has 1 fully saturated rings. The van der Waals surface area contributed by atoms with E-state index in [1.807, 2.05) is 30.9 Å². The Bertz CT molecular complexity index is 588. The molecule has 0 radical (unpaired) electrons. The SMILES string of the molecule is Cc1ccccc1CCNC(=O)C(C)N1CC(C)CC(C(=O)O)C1. The first-order chi connectivity index (χ1) is 11.4. The van der Waals surface area contributed by atoms with E-state index in [9.17, 15) is 14.7 Å². The van der Waals surface area contributed by atoms with Crippen molar-refractivity contribution in [3.8, 4) is 0 Å². The van der Waals surface area contributed by atoms with Crippen LogP contribution in [0.5, 0.6) is 0 Å². The molecule has 3 unspecified atom stereocenters. The second kappa shape index (κ2) is 8.29. The third-order valence-corrected chi connectivity index (χ3v) is 4.92. The number of carbonyl (C=O) groups excluding carboxylic acids is 1. The van der Waals surface area contributed by atoms with Crippen LogP contribution in [-0.2, 0) is 16.0 Å². The van der Waals surface area contributed by atoms with Gasteiger partial charge in [0, 0.05) is 19.6 Å². The second-order valence-corrected chi connectivity index (χ2v) is 6.97. The molecule has 1 heterocycles. The maximum atomic E-state index is 12.4. The van der Waals surface area contributed by atoms with Crippen LogP contribution in [0.25, 0.3) is 0 Å². The summed E-state index contributed by atoms with van der Waals surface area (Å²) in [4.78, 5) is 25.7. The van der Waals surface area contributed by atoms with Gasteiger partial charge in [-0.05, 0) is 43.7 Å². The highest BCUT2D eigenvalue weighted by Gasteiger charge is 2.33. The number of aliphatic carboxylic acids is 1. The van der Waals surface area contributed by atoms with Gasteiger partial charge in [-0.25, -0.2) is 0 Å². The standard InChI is InChI=1S/C19H28N2O3/c1-13-10-17(19(23)24)12-21(11-13)15(3)18(22)20-9-8-16-7-5-4-6-14(16)2/h4-7,13,15,17H,8-12H2,1-3H3,(H,20,22)(H,23,24). The molecule has 1 saturated heterocycles. The fourth-order valence-corrected chi connectivity index (χ4v) is 3.41. The highest BCUT2D eigenvalue weighted by atomic mass is 16.4. The monoisotopic (exact) mass is 332 g/mol. The van der Waals surface area contributed by atoms with E-state index in [0.717, 1.165) is 13.0 Å². The van der Waals surface area contributed by atoms with E-state index in [0.29, 0.717) is 25.4 Å². The summed E-state index contributed by atoms with van der Waals surface area (Å²) < 4.78 is 0. The first-order valence-corrected chi connectivity index (χ1v) is 8.67. The van der Waals surface area contributed by atoms with Gasteiger partial charge < -0.3 is 10.4 Å². The average molecular weight is 332 g/mol. The molecule has 0 aliphatic carbocycles. The lowest BCUT2D eigenvalue weighted by atomic mass is 9.89. The number of carboxylic acid groups (broad SMARTS) is 1. The summed E-state index contributed by atoms with van der Waals surface area (Å²) in [7, 11) is 0. The normalized spacial score (nSPS) is 22.8. The van der Waals surface area contributed by atoms with Gasteiger partial charge in [-0.3, -0.25) is 14.5 Å². The largest absolute Gasteiger partial charge is 0.481 e. The van der Waals surface area contributed by atoms with Gasteiger partial charge in [0.05, 0.1) is 12.0 Å². The van der Waals surface area contributed by atoms with Crippen LogP contribution in [-0.4, -0.2) is 47.6 Å². The molecule has 2 N–H and O–H groups in total. The number of carboxylic acids is 1. The van der Waals surface area contributed by atoms with Crippen molar-refractivity contribution in [1.29, 1.82) is 0 Å². The molecule has 1 amide bonds. The third-order valence-electron chi connectivity index (χ3n) is 4.92. The highest BCUT2D eigenvalue weighted by Crippen LogP contribution is 2.23. The molecule has 2 rings (SSSR count). The van der Waals surface area contributed by atoms with Gasteiger partial charge in [0.1, 0.15) is 0 Å². The molecular weight excluding hydrogens is 304 g/mol. The topological polar surface area (TPSA) is 69.6 Å². The summed E-state index contributed by atoms with van der Waals surface area (Å²) in [5.74, 6) is -0.876. The molecule has 0 saturated carbocycles. The van der Waals surface area contributed by atoms with Crippen molar-refractivity contribution in [2.24, 2.45) is 11.8 Å². The summed E-state index contributed by atoms with van der Waals surface area (Å²) in [6.07, 6.45) is 1.49. The van der Waals surface area contributed by atoms with Gasteiger partial charge in [-0.15, -0.1) is 0 Å². The molecule has 5 nitrogen and oxygen atoms in total. The van der Waals surface area contributed by atoms with Crippen molar-refractivity contribution < 1.29 is 14.7 Å². The van der Waals surface area contributed by atoms with Crippen molar-refractivity contribution in [2.45, 2.75) is 39.7 Å². The van der Waals surface area contributed by atoms with Crippen LogP contribution in [0.15, 0.2) is 24.3 Å². The minimum Gasteiger partial charge on any atom is -0.481 e. The number of rotatable bonds is 6. The predicted octanol–water partition coefficient (Wildman–Crippen LogP) is 2.08. The summed E-state index contributed by atoms with van der Waals surface area (Å²) in [5.41, 5.74) is 2.47. The molecular formula is C19H28N2O3. The van der Waals surface area contributed by atoms with Crippen LogP contribution in [0.1, 0.15) is 31.4 Å². The highest BCUT2D eigenvalue weighted by molar-refractivity contribution is 5.81. The summed E-state index contributed by atoms with van der Waals surface area (Å²) in [6, 6.07) is 7.87. The summed E-state index contributed by atoms with van der Waals surface area (Å²) in [5, 5.41) is 12.2. The van der Waals surface area contributed by atoms with Crippen LogP contribution in [0, 0.1) is 18.8 Å². The maximum Gasteiger partial charge on any atom is 0.307 e. The van der Waals surface area contributed by atoms with Gasteiger partial charge in [0.25, 0.3) is 0 Å². The molecule has 1 aromatic rings. The molecule has 132 valence electrons. The van der Waals surface area contributed by atoms with Gasteiger partial charge >= 0.3 is 5.97 Å². The van der Waals surface area contributed by atoms with Crippen LogP contribution in [0.4, 0.5) is 0 Å². The van der Waals surface area contributed by atoms with Crippen LogP contribution >= 0.6 is 0 Å². The van der Waals surface area contributed by atoms with E-state index in [-0.39, 0.29) is 17.9 Å². The first-order valence-electron chi connectivity index (χ1n) is 8.67. The molecule has 3 atom stereocenters. The number of benzene rings is 1. The summed E-state index contributed by atoms with van der Waals surface area (Å²) >= 11 is 0.